The monoisotopic (exact) mass is 255 g/mol. The number of nitrogens with zero attached hydrogens (tertiary/aromatic N) is 2. The lowest BCUT2D eigenvalue weighted by Gasteiger charge is -2.27. The maximum Gasteiger partial charge on any atom is 0.203 e. The van der Waals surface area contributed by atoms with Crippen molar-refractivity contribution in [2.45, 2.75) is 38.6 Å². The molecule has 0 bridgehead atoms. The summed E-state index contributed by atoms with van der Waals surface area (Å²) in [5.41, 5.74) is 2.97. The van der Waals surface area contributed by atoms with Crippen molar-refractivity contribution in [2.75, 3.05) is 11.9 Å². The van der Waals surface area contributed by atoms with Crippen LogP contribution in [-0.4, -0.2) is 16.1 Å². The molecule has 1 atom stereocenters. The third kappa shape index (κ3) is 2.25. The van der Waals surface area contributed by atoms with Crippen LogP contribution < -0.4 is 5.32 Å². The van der Waals surface area contributed by atoms with Crippen LogP contribution in [0.5, 0.6) is 0 Å². The Balaban J connectivity index is 1.93. The molecule has 0 amide bonds. The molecule has 2 aromatic rings. The lowest BCUT2D eigenvalue weighted by molar-refractivity contribution is 0.529. The summed E-state index contributed by atoms with van der Waals surface area (Å²) >= 11 is 0. The highest BCUT2D eigenvalue weighted by Crippen LogP contribution is 2.30. The van der Waals surface area contributed by atoms with E-state index in [4.69, 9.17) is 0 Å². The van der Waals surface area contributed by atoms with E-state index < -0.39 is 0 Å². The molecular weight excluding hydrogens is 234 g/mol. The fourth-order valence-electron chi connectivity index (χ4n) is 2.69. The molecule has 0 spiro atoms. The van der Waals surface area contributed by atoms with Crippen molar-refractivity contribution in [2.24, 2.45) is 0 Å². The van der Waals surface area contributed by atoms with Gasteiger partial charge in [-0.15, -0.1) is 0 Å². The topological polar surface area (TPSA) is 29.9 Å². The summed E-state index contributed by atoms with van der Waals surface area (Å²) < 4.78 is 2.23. The van der Waals surface area contributed by atoms with Gasteiger partial charge >= 0.3 is 0 Å². The Bertz CT molecular complexity index is 560. The van der Waals surface area contributed by atoms with Gasteiger partial charge in [0.15, 0.2) is 0 Å². The molecule has 0 aliphatic carbocycles. The second-order valence-electron chi connectivity index (χ2n) is 6.26. The summed E-state index contributed by atoms with van der Waals surface area (Å²) in [6.07, 6.45) is 5.03. The molecule has 1 unspecified atom stereocenters. The Kier molecular flexibility index (Phi) is 2.85. The van der Waals surface area contributed by atoms with Crippen molar-refractivity contribution in [1.82, 2.24) is 9.55 Å². The van der Waals surface area contributed by atoms with Gasteiger partial charge in [-0.25, -0.2) is 4.98 Å². The number of imidazole rings is 1. The highest BCUT2D eigenvalue weighted by Gasteiger charge is 2.21. The molecule has 3 heteroatoms. The number of anilines is 1. The lowest BCUT2D eigenvalue weighted by Crippen LogP contribution is -2.23. The summed E-state index contributed by atoms with van der Waals surface area (Å²) in [5.74, 6) is 0.983. The first-order valence-corrected chi connectivity index (χ1v) is 6.93. The Hall–Kier alpha value is -1.77. The van der Waals surface area contributed by atoms with Crippen LogP contribution >= 0.6 is 0 Å². The highest BCUT2D eigenvalue weighted by molar-refractivity contribution is 5.35. The minimum atomic E-state index is 0.215. The molecule has 3 nitrogen and oxygen atoms in total. The van der Waals surface area contributed by atoms with Crippen molar-refractivity contribution in [3.63, 3.8) is 0 Å². The van der Waals surface area contributed by atoms with E-state index in [1.165, 1.54) is 11.1 Å². The van der Waals surface area contributed by atoms with Gasteiger partial charge < -0.3 is 9.88 Å². The molecule has 19 heavy (non-hydrogen) atoms. The zero-order valence-corrected chi connectivity index (χ0v) is 11.9. The predicted molar refractivity (Wildman–Crippen MR) is 78.6 cm³/mol. The number of aromatic nitrogens is 2. The first kappa shape index (κ1) is 12.3. The minimum Gasteiger partial charge on any atom is -0.356 e. The molecule has 1 aliphatic heterocycles. The van der Waals surface area contributed by atoms with Gasteiger partial charge in [0, 0.05) is 18.9 Å². The number of rotatable bonds is 1. The maximum atomic E-state index is 4.34. The molecule has 1 aromatic heterocycles. The van der Waals surface area contributed by atoms with E-state index in [2.05, 4.69) is 66.1 Å². The van der Waals surface area contributed by atoms with E-state index in [0.717, 1.165) is 18.9 Å². The van der Waals surface area contributed by atoms with Gasteiger partial charge in [0.2, 0.25) is 5.95 Å². The van der Waals surface area contributed by atoms with E-state index in [1.54, 1.807) is 0 Å². The Morgan fingerprint density at radius 3 is 2.63 bits per heavy atom. The molecule has 100 valence electrons. The smallest absolute Gasteiger partial charge is 0.203 e. The van der Waals surface area contributed by atoms with E-state index in [1.807, 2.05) is 6.20 Å². The molecule has 1 aliphatic rings. The third-order valence-corrected chi connectivity index (χ3v) is 3.87. The van der Waals surface area contributed by atoms with Crippen molar-refractivity contribution in [3.05, 3.63) is 47.8 Å². The zero-order chi connectivity index (χ0) is 13.5. The van der Waals surface area contributed by atoms with Gasteiger partial charge in [0.05, 0.1) is 6.04 Å². The van der Waals surface area contributed by atoms with Crippen LogP contribution in [-0.2, 0) is 5.41 Å². The normalized spacial score (nSPS) is 18.8. The Morgan fingerprint density at radius 2 is 1.95 bits per heavy atom. The number of hydrogen-bond donors (Lipinski definition) is 1. The number of hydrogen-bond acceptors (Lipinski definition) is 2. The maximum absolute atomic E-state index is 4.34. The van der Waals surface area contributed by atoms with Gasteiger partial charge in [0.25, 0.3) is 0 Å². The van der Waals surface area contributed by atoms with E-state index >= 15 is 0 Å². The molecule has 0 radical (unpaired) electrons. The first-order valence-electron chi connectivity index (χ1n) is 6.93. The lowest BCUT2D eigenvalue weighted by atomic mass is 9.86. The predicted octanol–water partition coefficient (Wildman–Crippen LogP) is 3.59. The minimum absolute atomic E-state index is 0.215. The largest absolute Gasteiger partial charge is 0.356 e. The van der Waals surface area contributed by atoms with Gasteiger partial charge in [-0.2, -0.15) is 0 Å². The first-order chi connectivity index (χ1) is 9.05. The summed E-state index contributed by atoms with van der Waals surface area (Å²) in [6, 6.07) is 9.45. The van der Waals surface area contributed by atoms with Crippen LogP contribution in [0.3, 0.4) is 0 Å². The molecule has 0 saturated heterocycles. The van der Waals surface area contributed by atoms with Crippen molar-refractivity contribution < 1.29 is 0 Å². The molecule has 2 heterocycles. The molecule has 1 aromatic carbocycles. The van der Waals surface area contributed by atoms with Crippen LogP contribution in [0.1, 0.15) is 44.4 Å². The Labute approximate surface area is 114 Å². The average Bonchev–Trinajstić information content (AvgIpc) is 2.86. The van der Waals surface area contributed by atoms with Crippen LogP contribution in [0.15, 0.2) is 36.7 Å². The van der Waals surface area contributed by atoms with E-state index in [0.29, 0.717) is 6.04 Å². The molecular formula is C16H21N3. The standard InChI is InChI=1S/C16H21N3/c1-16(2,3)13-6-4-12(5-7-13)14-8-9-17-15-18-10-11-19(14)15/h4-7,10-11,14H,8-9H2,1-3H3,(H,17,18). The second-order valence-corrected chi connectivity index (χ2v) is 6.26. The summed E-state index contributed by atoms with van der Waals surface area (Å²) in [4.78, 5) is 4.34. The molecule has 3 rings (SSSR count). The third-order valence-electron chi connectivity index (χ3n) is 3.87. The molecule has 0 saturated carbocycles. The SMILES string of the molecule is CC(C)(C)c1ccc(C2CCNc3nccn32)cc1. The Morgan fingerprint density at radius 1 is 1.21 bits per heavy atom. The number of nitrogens with one attached hydrogen (secondary N) is 1. The molecule has 0 fully saturated rings. The van der Waals surface area contributed by atoms with Crippen LogP contribution in [0.4, 0.5) is 5.95 Å². The number of benzene rings is 1. The van der Waals surface area contributed by atoms with Crippen molar-refractivity contribution in [1.29, 1.82) is 0 Å². The summed E-state index contributed by atoms with van der Waals surface area (Å²) in [7, 11) is 0. The van der Waals surface area contributed by atoms with Crippen LogP contribution in [0, 0.1) is 0 Å². The fraction of sp³-hybridized carbons (Fsp3) is 0.438. The van der Waals surface area contributed by atoms with Crippen molar-refractivity contribution >= 4 is 5.95 Å². The summed E-state index contributed by atoms with van der Waals surface area (Å²) in [6.45, 7) is 7.74. The van der Waals surface area contributed by atoms with Gasteiger partial charge in [0.1, 0.15) is 0 Å². The molecule has 1 N–H and O–H groups in total. The van der Waals surface area contributed by atoms with Crippen LogP contribution in [0.2, 0.25) is 0 Å². The number of fused-ring (bicyclic) bond motifs is 1. The van der Waals surface area contributed by atoms with E-state index in [-0.39, 0.29) is 5.41 Å². The van der Waals surface area contributed by atoms with E-state index in [9.17, 15) is 0 Å². The fourth-order valence-corrected chi connectivity index (χ4v) is 2.69. The summed E-state index contributed by atoms with van der Waals surface area (Å²) in [5, 5.41) is 3.33. The van der Waals surface area contributed by atoms with Gasteiger partial charge in [-0.1, -0.05) is 45.0 Å². The highest BCUT2D eigenvalue weighted by atomic mass is 15.2. The van der Waals surface area contributed by atoms with Gasteiger partial charge in [-0.3, -0.25) is 0 Å². The van der Waals surface area contributed by atoms with Crippen LogP contribution in [0.25, 0.3) is 0 Å². The van der Waals surface area contributed by atoms with Gasteiger partial charge in [-0.05, 0) is 23.0 Å². The zero-order valence-electron chi connectivity index (χ0n) is 11.9. The van der Waals surface area contributed by atoms with Crippen molar-refractivity contribution in [3.8, 4) is 0 Å². The average molecular weight is 255 g/mol. The second kappa shape index (κ2) is 4.41. The quantitative estimate of drug-likeness (QED) is 0.844.